The molecule has 1 fully saturated rings. The number of thioether (sulfide) groups is 1. The first-order valence-electron chi connectivity index (χ1n) is 6.48. The predicted octanol–water partition coefficient (Wildman–Crippen LogP) is 0.366. The summed E-state index contributed by atoms with van der Waals surface area (Å²) >= 11 is 1.40. The summed E-state index contributed by atoms with van der Waals surface area (Å²) < 4.78 is -0.292. The van der Waals surface area contributed by atoms with Gasteiger partial charge in [-0.3, -0.25) is 4.79 Å². The smallest absolute Gasteiger partial charge is 0.353 e. The Morgan fingerprint density at radius 2 is 2.20 bits per heavy atom. The molecule has 112 valence electrons. The fourth-order valence-corrected chi connectivity index (χ4v) is 3.89. The highest BCUT2D eigenvalue weighted by atomic mass is 32.2. The molecular weight excluding hydrogens is 280 g/mol. The lowest BCUT2D eigenvalue weighted by Crippen LogP contribution is -2.67. The van der Waals surface area contributed by atoms with E-state index in [0.29, 0.717) is 17.9 Å². The van der Waals surface area contributed by atoms with Gasteiger partial charge in [0.1, 0.15) is 5.70 Å². The maximum Gasteiger partial charge on any atom is 0.353 e. The fourth-order valence-electron chi connectivity index (χ4n) is 2.62. The van der Waals surface area contributed by atoms with Crippen LogP contribution in [0.4, 0.5) is 0 Å². The summed E-state index contributed by atoms with van der Waals surface area (Å²) in [5.74, 6) is -1.42. The molecule has 4 N–H and O–H groups in total. The van der Waals surface area contributed by atoms with Gasteiger partial charge in [0.2, 0.25) is 5.91 Å². The maximum atomic E-state index is 12.1. The summed E-state index contributed by atoms with van der Waals surface area (Å²) in [6, 6.07) is -0.262. The molecule has 2 heterocycles. The lowest BCUT2D eigenvalue weighted by atomic mass is 9.73. The number of amides is 1. The van der Waals surface area contributed by atoms with E-state index in [9.17, 15) is 19.8 Å². The monoisotopic (exact) mass is 300 g/mol. The van der Waals surface area contributed by atoms with E-state index in [1.807, 2.05) is 13.8 Å². The summed E-state index contributed by atoms with van der Waals surface area (Å²) in [6.45, 7) is 5.69. The highest BCUT2D eigenvalue weighted by molar-refractivity contribution is 8.04. The van der Waals surface area contributed by atoms with Crippen LogP contribution in [0.1, 0.15) is 27.2 Å². The largest absolute Gasteiger partial charge is 0.477 e. The predicted molar refractivity (Wildman–Crippen MR) is 75.8 cm³/mol. The molecule has 0 spiro atoms. The van der Waals surface area contributed by atoms with Gasteiger partial charge in [0.05, 0.1) is 18.1 Å². The van der Waals surface area contributed by atoms with E-state index in [-0.39, 0.29) is 29.0 Å². The van der Waals surface area contributed by atoms with Crippen LogP contribution in [-0.2, 0) is 9.59 Å². The molecule has 2 aliphatic heterocycles. The number of hydrogen-bond donors (Lipinski definition) is 3. The molecule has 6 nitrogen and oxygen atoms in total. The fraction of sp³-hybridized carbons (Fsp3) is 0.692. The first-order valence-corrected chi connectivity index (χ1v) is 7.29. The minimum atomic E-state index is -1.10. The van der Waals surface area contributed by atoms with Gasteiger partial charge in [-0.1, -0.05) is 0 Å². The van der Waals surface area contributed by atoms with Gasteiger partial charge in [-0.15, -0.1) is 11.8 Å². The van der Waals surface area contributed by atoms with Crippen molar-refractivity contribution in [1.29, 1.82) is 0 Å². The van der Waals surface area contributed by atoms with Gasteiger partial charge < -0.3 is 20.8 Å². The SMILES string of the molecule is CC(C)(CN)SC1=C(C(=O)O)N2C(=O)C(C)(CO)C2C1. The van der Waals surface area contributed by atoms with E-state index in [0.717, 1.165) is 0 Å². The van der Waals surface area contributed by atoms with Gasteiger partial charge >= 0.3 is 5.97 Å². The number of fused-ring (bicyclic) bond motifs is 1. The van der Waals surface area contributed by atoms with Crippen molar-refractivity contribution in [2.24, 2.45) is 11.1 Å². The van der Waals surface area contributed by atoms with Gasteiger partial charge in [-0.2, -0.15) is 0 Å². The Balaban J connectivity index is 2.33. The Hall–Kier alpha value is -1.05. The van der Waals surface area contributed by atoms with Crippen molar-refractivity contribution in [1.82, 2.24) is 4.90 Å². The molecule has 2 rings (SSSR count). The van der Waals surface area contributed by atoms with E-state index in [2.05, 4.69) is 0 Å². The minimum absolute atomic E-state index is 0.0532. The lowest BCUT2D eigenvalue weighted by Gasteiger charge is -2.50. The van der Waals surface area contributed by atoms with Crippen LogP contribution in [0.2, 0.25) is 0 Å². The number of carbonyl (C=O) groups is 2. The first kappa shape index (κ1) is 15.3. The topological polar surface area (TPSA) is 104 Å². The summed E-state index contributed by atoms with van der Waals surface area (Å²) in [7, 11) is 0. The van der Waals surface area contributed by atoms with Crippen molar-refractivity contribution in [3.63, 3.8) is 0 Å². The quantitative estimate of drug-likeness (QED) is 0.634. The van der Waals surface area contributed by atoms with Crippen molar-refractivity contribution in [3.05, 3.63) is 10.6 Å². The molecule has 2 atom stereocenters. The van der Waals surface area contributed by atoms with E-state index >= 15 is 0 Å². The van der Waals surface area contributed by atoms with E-state index < -0.39 is 11.4 Å². The highest BCUT2D eigenvalue weighted by Crippen LogP contribution is 2.53. The van der Waals surface area contributed by atoms with Gasteiger partial charge in [0.25, 0.3) is 0 Å². The number of hydrogen-bond acceptors (Lipinski definition) is 5. The van der Waals surface area contributed by atoms with Crippen LogP contribution in [0, 0.1) is 5.41 Å². The van der Waals surface area contributed by atoms with Crippen molar-refractivity contribution in [2.45, 2.75) is 38.0 Å². The lowest BCUT2D eigenvalue weighted by molar-refractivity contribution is -0.170. The molecular formula is C13H20N2O4S. The number of rotatable bonds is 5. The van der Waals surface area contributed by atoms with E-state index in [4.69, 9.17) is 5.73 Å². The number of carbonyl (C=O) groups excluding carboxylic acids is 1. The molecule has 1 amide bonds. The van der Waals surface area contributed by atoms with Crippen LogP contribution in [0.15, 0.2) is 10.6 Å². The Morgan fingerprint density at radius 3 is 2.65 bits per heavy atom. The minimum Gasteiger partial charge on any atom is -0.477 e. The normalized spacial score (nSPS) is 29.6. The average molecular weight is 300 g/mol. The third kappa shape index (κ3) is 2.04. The van der Waals surface area contributed by atoms with Crippen LogP contribution in [0.3, 0.4) is 0 Å². The molecule has 0 radical (unpaired) electrons. The Morgan fingerprint density at radius 1 is 1.60 bits per heavy atom. The van der Waals surface area contributed by atoms with Gasteiger partial charge in [0.15, 0.2) is 0 Å². The number of aliphatic carboxylic acids is 1. The molecule has 2 unspecified atom stereocenters. The molecule has 0 aromatic rings. The number of aliphatic hydroxyl groups is 1. The number of carboxylic acid groups (broad SMARTS) is 1. The van der Waals surface area contributed by atoms with Crippen LogP contribution in [-0.4, -0.2) is 50.9 Å². The van der Waals surface area contributed by atoms with E-state index in [1.54, 1.807) is 6.92 Å². The standard InChI is InChI=1S/C13H20N2O4S/c1-12(2,5-14)20-7-4-8-13(3,6-16)11(19)15(8)9(7)10(17)18/h8,16H,4-6,14H2,1-3H3,(H,17,18). The zero-order valence-corrected chi connectivity index (χ0v) is 12.7. The Kier molecular flexibility index (Phi) is 3.64. The van der Waals surface area contributed by atoms with Crippen LogP contribution in [0.25, 0.3) is 0 Å². The molecule has 0 aromatic carbocycles. The second-order valence-corrected chi connectivity index (χ2v) is 7.92. The van der Waals surface area contributed by atoms with Crippen molar-refractivity contribution in [3.8, 4) is 0 Å². The van der Waals surface area contributed by atoms with Crippen LogP contribution < -0.4 is 5.73 Å². The van der Waals surface area contributed by atoms with Gasteiger partial charge in [-0.25, -0.2) is 4.79 Å². The number of aliphatic hydroxyl groups excluding tert-OH is 1. The zero-order valence-electron chi connectivity index (χ0n) is 11.8. The van der Waals surface area contributed by atoms with E-state index in [1.165, 1.54) is 16.7 Å². The Labute approximate surface area is 122 Å². The number of β-lactam (4-membered cyclic amide) rings is 1. The number of carboxylic acids is 1. The van der Waals surface area contributed by atoms with Crippen molar-refractivity contribution in [2.75, 3.05) is 13.2 Å². The molecule has 0 aliphatic carbocycles. The van der Waals surface area contributed by atoms with Gasteiger partial charge in [0, 0.05) is 22.6 Å². The molecule has 0 aromatic heterocycles. The second kappa shape index (κ2) is 4.75. The van der Waals surface area contributed by atoms with Gasteiger partial charge in [-0.05, 0) is 20.8 Å². The van der Waals surface area contributed by atoms with Crippen molar-refractivity contribution < 1.29 is 19.8 Å². The molecule has 2 aliphatic rings. The average Bonchev–Trinajstić information content (AvgIpc) is 2.74. The van der Waals surface area contributed by atoms with Crippen LogP contribution >= 0.6 is 11.8 Å². The molecule has 0 saturated carbocycles. The molecule has 0 bridgehead atoms. The molecule has 20 heavy (non-hydrogen) atoms. The number of nitrogens with two attached hydrogens (primary N) is 1. The molecule has 7 heteroatoms. The summed E-state index contributed by atoms with van der Waals surface area (Å²) in [6.07, 6.45) is 0.471. The maximum absolute atomic E-state index is 12.1. The van der Waals surface area contributed by atoms with Crippen molar-refractivity contribution >= 4 is 23.6 Å². The summed E-state index contributed by atoms with van der Waals surface area (Å²) in [5.41, 5.74) is 4.87. The second-order valence-electron chi connectivity index (χ2n) is 6.11. The Bertz CT molecular complexity index is 503. The highest BCUT2D eigenvalue weighted by Gasteiger charge is 2.62. The third-order valence-electron chi connectivity index (χ3n) is 4.06. The summed E-state index contributed by atoms with van der Waals surface area (Å²) in [4.78, 5) is 25.6. The first-order chi connectivity index (χ1) is 9.18. The summed E-state index contributed by atoms with van der Waals surface area (Å²) in [5, 5.41) is 18.8. The third-order valence-corrected chi connectivity index (χ3v) is 5.39. The van der Waals surface area contributed by atoms with Crippen LogP contribution in [0.5, 0.6) is 0 Å². The molecule has 1 saturated heterocycles. The zero-order chi connectivity index (χ0) is 15.3. The number of nitrogens with zero attached hydrogens (tertiary/aromatic N) is 1.